The van der Waals surface area contributed by atoms with E-state index in [1.165, 1.54) is 6.92 Å². The summed E-state index contributed by atoms with van der Waals surface area (Å²) in [6.45, 7) is 9.11. The molecular formula is C26H31BrO5. The quantitative estimate of drug-likeness (QED) is 0.478. The monoisotopic (exact) mass is 502 g/mol. The van der Waals surface area contributed by atoms with Crippen LogP contribution in [0.3, 0.4) is 0 Å². The fourth-order valence-corrected chi connectivity index (χ4v) is 5.11. The number of ether oxygens (including phenoxy) is 4. The van der Waals surface area contributed by atoms with Crippen LogP contribution in [0.4, 0.5) is 0 Å². The maximum atomic E-state index is 11.9. The average Bonchev–Trinajstić information content (AvgIpc) is 2.78. The number of hydrogen-bond acceptors (Lipinski definition) is 5. The lowest BCUT2D eigenvalue weighted by molar-refractivity contribution is -0.196. The number of benzene rings is 2. The van der Waals surface area contributed by atoms with Crippen LogP contribution in [-0.2, 0) is 20.7 Å². The van der Waals surface area contributed by atoms with Gasteiger partial charge in [0.25, 0.3) is 0 Å². The van der Waals surface area contributed by atoms with Gasteiger partial charge >= 0.3 is 5.97 Å². The SMILES string of the molecule is CC[C@H]1O[C@@H](c2ccc(Br)c(Cc3ccc4c(c3)OCCO4)c2)C(OC(C)=O)[C@@H](C)C1C. The summed E-state index contributed by atoms with van der Waals surface area (Å²) in [5, 5.41) is 0. The molecule has 0 spiro atoms. The van der Waals surface area contributed by atoms with Gasteiger partial charge in [-0.05, 0) is 53.6 Å². The Labute approximate surface area is 198 Å². The predicted molar refractivity (Wildman–Crippen MR) is 126 cm³/mol. The van der Waals surface area contributed by atoms with E-state index in [4.69, 9.17) is 18.9 Å². The van der Waals surface area contributed by atoms with Gasteiger partial charge in [-0.25, -0.2) is 0 Å². The first-order chi connectivity index (χ1) is 15.4. The predicted octanol–water partition coefficient (Wildman–Crippen LogP) is 5.86. The fraction of sp³-hybridized carbons (Fsp3) is 0.500. The number of esters is 1. The zero-order valence-corrected chi connectivity index (χ0v) is 20.7. The van der Waals surface area contributed by atoms with E-state index >= 15 is 0 Å². The summed E-state index contributed by atoms with van der Waals surface area (Å²) in [6.07, 6.45) is 1.19. The van der Waals surface area contributed by atoms with Gasteiger partial charge in [-0.3, -0.25) is 4.79 Å². The normalized spacial score (nSPS) is 27.1. The summed E-state index contributed by atoms with van der Waals surface area (Å²) in [6, 6.07) is 12.4. The first-order valence-corrected chi connectivity index (χ1v) is 12.2. The molecule has 2 heterocycles. The smallest absolute Gasteiger partial charge is 0.303 e. The number of fused-ring (bicyclic) bond motifs is 1. The lowest BCUT2D eigenvalue weighted by atomic mass is 9.78. The maximum absolute atomic E-state index is 11.9. The third-order valence-electron chi connectivity index (χ3n) is 6.66. The first kappa shape index (κ1) is 23.1. The molecule has 2 aliphatic rings. The summed E-state index contributed by atoms with van der Waals surface area (Å²) in [7, 11) is 0. The van der Waals surface area contributed by atoms with Gasteiger partial charge in [0.1, 0.15) is 25.4 Å². The molecule has 6 heteroatoms. The van der Waals surface area contributed by atoms with Crippen molar-refractivity contribution in [2.45, 2.75) is 58.8 Å². The van der Waals surface area contributed by atoms with Crippen LogP contribution in [-0.4, -0.2) is 31.4 Å². The largest absolute Gasteiger partial charge is 0.486 e. The first-order valence-electron chi connectivity index (χ1n) is 11.4. The van der Waals surface area contributed by atoms with Crippen LogP contribution in [0.1, 0.15) is 56.9 Å². The molecule has 4 rings (SSSR count). The third-order valence-corrected chi connectivity index (χ3v) is 7.43. The van der Waals surface area contributed by atoms with Gasteiger partial charge in [0.05, 0.1) is 6.10 Å². The van der Waals surface area contributed by atoms with Gasteiger partial charge in [-0.1, -0.05) is 54.9 Å². The Morgan fingerprint density at radius 3 is 2.53 bits per heavy atom. The Balaban J connectivity index is 1.63. The second kappa shape index (κ2) is 9.84. The average molecular weight is 503 g/mol. The second-order valence-corrected chi connectivity index (χ2v) is 9.66. The van der Waals surface area contributed by atoms with Crippen molar-refractivity contribution in [1.29, 1.82) is 0 Å². The minimum absolute atomic E-state index is 0.131. The molecule has 0 aromatic heterocycles. The van der Waals surface area contributed by atoms with Gasteiger partial charge in [0.2, 0.25) is 0 Å². The van der Waals surface area contributed by atoms with Crippen LogP contribution >= 0.6 is 15.9 Å². The number of halogens is 1. The highest BCUT2D eigenvalue weighted by molar-refractivity contribution is 9.10. The van der Waals surface area contributed by atoms with Crippen molar-refractivity contribution in [3.05, 3.63) is 57.6 Å². The number of carbonyl (C=O) groups is 1. The molecule has 0 radical (unpaired) electrons. The Kier molecular flexibility index (Phi) is 7.11. The van der Waals surface area contributed by atoms with E-state index in [-0.39, 0.29) is 30.2 Å². The Bertz CT molecular complexity index is 975. The number of rotatable bonds is 5. The molecule has 0 amide bonds. The zero-order chi connectivity index (χ0) is 22.8. The van der Waals surface area contributed by atoms with Gasteiger partial charge in [0.15, 0.2) is 11.5 Å². The van der Waals surface area contributed by atoms with Gasteiger partial charge in [-0.15, -0.1) is 0 Å². The van der Waals surface area contributed by atoms with Crippen LogP contribution in [0.15, 0.2) is 40.9 Å². The molecule has 5 atom stereocenters. The van der Waals surface area contributed by atoms with Crippen LogP contribution in [0.2, 0.25) is 0 Å². The van der Waals surface area contributed by atoms with E-state index in [0.29, 0.717) is 19.1 Å². The molecule has 2 aliphatic heterocycles. The Hall–Kier alpha value is -2.05. The molecule has 172 valence electrons. The summed E-state index contributed by atoms with van der Waals surface area (Å²) in [4.78, 5) is 11.9. The molecule has 0 bridgehead atoms. The molecule has 0 saturated carbocycles. The summed E-state index contributed by atoms with van der Waals surface area (Å²) in [5.74, 6) is 1.83. The van der Waals surface area contributed by atoms with Gasteiger partial charge < -0.3 is 18.9 Å². The van der Waals surface area contributed by atoms with Crippen molar-refractivity contribution < 1.29 is 23.7 Å². The highest BCUT2D eigenvalue weighted by atomic mass is 79.9. The molecule has 1 fully saturated rings. The van der Waals surface area contributed by atoms with Crippen molar-refractivity contribution in [3.8, 4) is 11.5 Å². The Morgan fingerprint density at radius 1 is 1.06 bits per heavy atom. The van der Waals surface area contributed by atoms with E-state index in [1.54, 1.807) is 0 Å². The third kappa shape index (κ3) is 4.81. The molecule has 2 unspecified atom stereocenters. The van der Waals surface area contributed by atoms with Crippen LogP contribution in [0.5, 0.6) is 11.5 Å². The summed E-state index contributed by atoms with van der Waals surface area (Å²) in [5.41, 5.74) is 3.31. The summed E-state index contributed by atoms with van der Waals surface area (Å²) < 4.78 is 24.7. The molecule has 2 aromatic carbocycles. The van der Waals surface area contributed by atoms with E-state index in [9.17, 15) is 4.79 Å². The lowest BCUT2D eigenvalue weighted by Crippen LogP contribution is -2.46. The molecule has 1 saturated heterocycles. The molecule has 5 nitrogen and oxygen atoms in total. The van der Waals surface area contributed by atoms with Gasteiger partial charge in [-0.2, -0.15) is 0 Å². The van der Waals surface area contributed by atoms with E-state index in [2.05, 4.69) is 61.0 Å². The highest BCUT2D eigenvalue weighted by Gasteiger charge is 2.43. The van der Waals surface area contributed by atoms with E-state index in [1.807, 2.05) is 12.1 Å². The van der Waals surface area contributed by atoms with E-state index < -0.39 is 0 Å². The Morgan fingerprint density at radius 2 is 1.81 bits per heavy atom. The highest BCUT2D eigenvalue weighted by Crippen LogP contribution is 2.42. The molecular weight excluding hydrogens is 472 g/mol. The van der Waals surface area contributed by atoms with Crippen molar-refractivity contribution in [1.82, 2.24) is 0 Å². The summed E-state index contributed by atoms with van der Waals surface area (Å²) >= 11 is 3.71. The van der Waals surface area contributed by atoms with Crippen molar-refractivity contribution in [3.63, 3.8) is 0 Å². The van der Waals surface area contributed by atoms with E-state index in [0.717, 1.165) is 45.5 Å². The minimum Gasteiger partial charge on any atom is -0.486 e. The van der Waals surface area contributed by atoms with Gasteiger partial charge in [0, 0.05) is 17.3 Å². The second-order valence-electron chi connectivity index (χ2n) is 8.80. The minimum atomic E-state index is -0.311. The van der Waals surface area contributed by atoms with Crippen LogP contribution in [0.25, 0.3) is 0 Å². The van der Waals surface area contributed by atoms with Crippen LogP contribution in [0, 0.1) is 11.8 Å². The number of hydrogen-bond donors (Lipinski definition) is 0. The molecule has 2 aromatic rings. The maximum Gasteiger partial charge on any atom is 0.303 e. The zero-order valence-electron chi connectivity index (χ0n) is 19.1. The van der Waals surface area contributed by atoms with Crippen LogP contribution < -0.4 is 9.47 Å². The van der Waals surface area contributed by atoms with Crippen molar-refractivity contribution in [2.24, 2.45) is 11.8 Å². The van der Waals surface area contributed by atoms with Crippen molar-refractivity contribution >= 4 is 21.9 Å². The lowest BCUT2D eigenvalue weighted by Gasteiger charge is -2.44. The van der Waals surface area contributed by atoms with Crippen molar-refractivity contribution in [2.75, 3.05) is 13.2 Å². The topological polar surface area (TPSA) is 54.0 Å². The number of carbonyl (C=O) groups excluding carboxylic acids is 1. The fourth-order valence-electron chi connectivity index (χ4n) is 4.72. The molecule has 0 aliphatic carbocycles. The standard InChI is InChI=1S/C26H31BrO5/c1-5-22-15(2)16(3)25(31-17(4)28)26(32-22)19-7-8-21(27)20(14-19)12-18-6-9-23-24(13-18)30-11-10-29-23/h6-9,13-16,22,25-26H,5,10-12H2,1-4H3/t15?,16-,22+,25?,26-/m0/s1. The molecule has 0 N–H and O–H groups in total. The molecule has 32 heavy (non-hydrogen) atoms.